The fraction of sp³-hybridized carbons (Fsp3) is 0.600. The number of nitrogens with zero attached hydrogens (tertiary/aromatic N) is 3. The van der Waals surface area contributed by atoms with E-state index in [1.807, 2.05) is 0 Å². The molecule has 1 aromatic rings. The van der Waals surface area contributed by atoms with Gasteiger partial charge in [-0.15, -0.1) is 0 Å². The summed E-state index contributed by atoms with van der Waals surface area (Å²) in [5.41, 5.74) is -0.205. The predicted octanol–water partition coefficient (Wildman–Crippen LogP) is -0.202. The molecule has 2 atom stereocenters. The average Bonchev–Trinajstić information content (AvgIpc) is 2.94. The second kappa shape index (κ2) is 5.85. The maximum Gasteiger partial charge on any atom is 0.272 e. The molecule has 1 N–H and O–H groups in total. The Bertz CT molecular complexity index is 694. The highest BCUT2D eigenvalue weighted by molar-refractivity contribution is 7.88. The van der Waals surface area contributed by atoms with Crippen LogP contribution in [0.25, 0.3) is 0 Å². The lowest BCUT2D eigenvalue weighted by Crippen LogP contribution is -2.52. The average molecular weight is 339 g/mol. The minimum Gasteiger partial charge on any atom is -0.396 e. The summed E-state index contributed by atoms with van der Waals surface area (Å²) in [5, 5.41) is 9.93. The smallest absolute Gasteiger partial charge is 0.272 e. The SMILES string of the molecule is CS(=O)(=O)N1CC2CCN(C(=O)c3ccccn3)CC2(CO)C1. The second-order valence-corrected chi connectivity index (χ2v) is 8.49. The summed E-state index contributed by atoms with van der Waals surface area (Å²) in [7, 11) is -3.29. The number of pyridine rings is 1. The van der Waals surface area contributed by atoms with Crippen LogP contribution in [0.5, 0.6) is 0 Å². The Morgan fingerprint density at radius 1 is 1.43 bits per heavy atom. The number of amides is 1. The van der Waals surface area contributed by atoms with E-state index in [0.29, 0.717) is 31.7 Å². The first-order valence-corrected chi connectivity index (χ1v) is 9.47. The van der Waals surface area contributed by atoms with E-state index in [4.69, 9.17) is 0 Å². The Labute approximate surface area is 136 Å². The fourth-order valence-corrected chi connectivity index (χ4v) is 4.58. The monoisotopic (exact) mass is 339 g/mol. The molecule has 1 amide bonds. The van der Waals surface area contributed by atoms with Gasteiger partial charge in [0.1, 0.15) is 5.69 Å². The summed E-state index contributed by atoms with van der Waals surface area (Å²) in [6.07, 6.45) is 3.44. The molecule has 126 valence electrons. The van der Waals surface area contributed by atoms with Gasteiger partial charge in [0, 0.05) is 37.8 Å². The molecule has 2 aliphatic heterocycles. The van der Waals surface area contributed by atoms with Crippen LogP contribution in [0.1, 0.15) is 16.9 Å². The van der Waals surface area contributed by atoms with Gasteiger partial charge in [-0.05, 0) is 24.5 Å². The largest absolute Gasteiger partial charge is 0.396 e. The van der Waals surface area contributed by atoms with Gasteiger partial charge < -0.3 is 10.0 Å². The zero-order valence-electron chi connectivity index (χ0n) is 13.1. The highest BCUT2D eigenvalue weighted by atomic mass is 32.2. The van der Waals surface area contributed by atoms with Gasteiger partial charge in [-0.25, -0.2) is 12.7 Å². The third-order valence-electron chi connectivity index (χ3n) is 4.99. The number of carbonyl (C=O) groups is 1. The molecule has 8 heteroatoms. The summed E-state index contributed by atoms with van der Waals surface area (Å²) >= 11 is 0. The van der Waals surface area contributed by atoms with Crippen LogP contribution < -0.4 is 0 Å². The molecule has 2 fully saturated rings. The molecule has 2 saturated heterocycles. The van der Waals surface area contributed by atoms with Crippen LogP contribution in [-0.2, 0) is 10.0 Å². The van der Waals surface area contributed by atoms with E-state index in [0.717, 1.165) is 0 Å². The van der Waals surface area contributed by atoms with Gasteiger partial charge in [0.15, 0.2) is 0 Å². The molecule has 0 radical (unpaired) electrons. The molecule has 0 aliphatic carbocycles. The molecule has 1 aromatic heterocycles. The van der Waals surface area contributed by atoms with Crippen LogP contribution in [0.2, 0.25) is 0 Å². The van der Waals surface area contributed by atoms with E-state index < -0.39 is 15.4 Å². The number of carbonyl (C=O) groups excluding carboxylic acids is 1. The van der Waals surface area contributed by atoms with E-state index in [1.54, 1.807) is 29.3 Å². The van der Waals surface area contributed by atoms with Crippen molar-refractivity contribution in [2.45, 2.75) is 6.42 Å². The highest BCUT2D eigenvalue weighted by Crippen LogP contribution is 2.42. The molecule has 23 heavy (non-hydrogen) atoms. The Morgan fingerprint density at radius 2 is 2.22 bits per heavy atom. The molecule has 2 unspecified atom stereocenters. The van der Waals surface area contributed by atoms with Crippen molar-refractivity contribution in [1.82, 2.24) is 14.2 Å². The number of hydrogen-bond donors (Lipinski definition) is 1. The quantitative estimate of drug-likeness (QED) is 0.823. The molecule has 0 aromatic carbocycles. The van der Waals surface area contributed by atoms with Crippen molar-refractivity contribution in [1.29, 1.82) is 0 Å². The minimum absolute atomic E-state index is 0.0787. The number of aromatic nitrogens is 1. The summed E-state index contributed by atoms with van der Waals surface area (Å²) in [5.74, 6) is -0.0929. The lowest BCUT2D eigenvalue weighted by Gasteiger charge is -2.43. The standard InChI is InChI=1S/C15H21N3O4S/c1-23(21,22)18-8-12-5-7-17(9-15(12,10-18)11-19)14(20)13-4-2-3-6-16-13/h2-4,6,12,19H,5,7-11H2,1H3. The van der Waals surface area contributed by atoms with Crippen molar-refractivity contribution >= 4 is 15.9 Å². The number of fused-ring (bicyclic) bond motifs is 1. The van der Waals surface area contributed by atoms with Gasteiger partial charge in [-0.1, -0.05) is 6.07 Å². The van der Waals surface area contributed by atoms with Crippen molar-refractivity contribution in [3.63, 3.8) is 0 Å². The molecular formula is C15H21N3O4S. The van der Waals surface area contributed by atoms with E-state index in [1.165, 1.54) is 10.6 Å². The van der Waals surface area contributed by atoms with Gasteiger partial charge >= 0.3 is 0 Å². The first kappa shape index (κ1) is 16.4. The molecule has 0 spiro atoms. The van der Waals surface area contributed by atoms with Crippen molar-refractivity contribution < 1.29 is 18.3 Å². The third kappa shape index (κ3) is 2.98. The van der Waals surface area contributed by atoms with Gasteiger partial charge in [-0.2, -0.15) is 0 Å². The van der Waals surface area contributed by atoms with E-state index in [2.05, 4.69) is 4.98 Å². The Morgan fingerprint density at radius 3 is 2.83 bits per heavy atom. The zero-order chi connectivity index (χ0) is 16.7. The molecule has 3 heterocycles. The van der Waals surface area contributed by atoms with E-state index >= 15 is 0 Å². The second-order valence-electron chi connectivity index (χ2n) is 6.50. The Kier molecular flexibility index (Phi) is 4.16. The molecule has 7 nitrogen and oxygen atoms in total. The first-order valence-electron chi connectivity index (χ1n) is 7.62. The minimum atomic E-state index is -3.29. The van der Waals surface area contributed by atoms with Gasteiger partial charge in [0.25, 0.3) is 5.91 Å². The maximum atomic E-state index is 12.6. The van der Waals surface area contributed by atoms with Crippen LogP contribution in [0.15, 0.2) is 24.4 Å². The maximum absolute atomic E-state index is 12.6. The van der Waals surface area contributed by atoms with E-state index in [9.17, 15) is 18.3 Å². The van der Waals surface area contributed by atoms with Crippen LogP contribution in [0.3, 0.4) is 0 Å². The fourth-order valence-electron chi connectivity index (χ4n) is 3.64. The number of hydrogen-bond acceptors (Lipinski definition) is 5. The number of rotatable bonds is 3. The number of likely N-dealkylation sites (tertiary alicyclic amines) is 1. The third-order valence-corrected chi connectivity index (χ3v) is 6.21. The van der Waals surface area contributed by atoms with Gasteiger partial charge in [0.2, 0.25) is 10.0 Å². The number of aliphatic hydroxyl groups is 1. The summed E-state index contributed by atoms with van der Waals surface area (Å²) in [6, 6.07) is 5.17. The molecular weight excluding hydrogens is 318 g/mol. The van der Waals surface area contributed by atoms with Gasteiger partial charge in [-0.3, -0.25) is 9.78 Å². The van der Waals surface area contributed by atoms with Crippen molar-refractivity contribution in [2.75, 3.05) is 39.0 Å². The Balaban J connectivity index is 1.81. The molecule has 0 saturated carbocycles. The molecule has 2 aliphatic rings. The van der Waals surface area contributed by atoms with Crippen LogP contribution in [-0.4, -0.2) is 72.7 Å². The van der Waals surface area contributed by atoms with Crippen LogP contribution >= 0.6 is 0 Å². The molecule has 3 rings (SSSR count). The normalized spacial score (nSPS) is 28.6. The number of sulfonamides is 1. The highest BCUT2D eigenvalue weighted by Gasteiger charge is 2.52. The first-order chi connectivity index (χ1) is 10.9. The predicted molar refractivity (Wildman–Crippen MR) is 84.2 cm³/mol. The van der Waals surface area contributed by atoms with Crippen molar-refractivity contribution in [2.24, 2.45) is 11.3 Å². The molecule has 0 bridgehead atoms. The zero-order valence-corrected chi connectivity index (χ0v) is 13.9. The number of aliphatic hydroxyl groups excluding tert-OH is 1. The lowest BCUT2D eigenvalue weighted by molar-refractivity contribution is 0.0126. The topological polar surface area (TPSA) is 90.8 Å². The summed E-state index contributed by atoms with van der Waals surface area (Å²) < 4.78 is 25.1. The van der Waals surface area contributed by atoms with Crippen molar-refractivity contribution in [3.8, 4) is 0 Å². The van der Waals surface area contributed by atoms with Crippen LogP contribution in [0.4, 0.5) is 0 Å². The van der Waals surface area contributed by atoms with Crippen LogP contribution in [0, 0.1) is 11.3 Å². The number of piperidine rings is 1. The van der Waals surface area contributed by atoms with Gasteiger partial charge in [0.05, 0.1) is 12.9 Å². The summed E-state index contributed by atoms with van der Waals surface area (Å²) in [6.45, 7) is 1.47. The Hall–Kier alpha value is -1.51. The van der Waals surface area contributed by atoms with E-state index in [-0.39, 0.29) is 25.0 Å². The van der Waals surface area contributed by atoms with Crippen molar-refractivity contribution in [3.05, 3.63) is 30.1 Å². The summed E-state index contributed by atoms with van der Waals surface area (Å²) in [4.78, 5) is 18.3. The lowest BCUT2D eigenvalue weighted by atomic mass is 9.74.